The summed E-state index contributed by atoms with van der Waals surface area (Å²) in [5.74, 6) is 0.810. The second-order valence-corrected chi connectivity index (χ2v) is 7.57. The van der Waals surface area contributed by atoms with E-state index in [0.29, 0.717) is 22.9 Å². The number of rotatable bonds is 2. The zero-order valence-electron chi connectivity index (χ0n) is 14.8. The van der Waals surface area contributed by atoms with E-state index in [1.165, 1.54) is 12.8 Å². The average Bonchev–Trinajstić information content (AvgIpc) is 3.33. The minimum atomic E-state index is -0.728. The Morgan fingerprint density at radius 3 is 1.42 bits per heavy atom. The Kier molecular flexibility index (Phi) is 3.90. The number of hydrogen-bond donors (Lipinski definition) is 2. The lowest BCUT2D eigenvalue weighted by molar-refractivity contribution is -0.126. The Labute approximate surface area is 152 Å². The maximum Gasteiger partial charge on any atom is 0.223 e. The van der Waals surface area contributed by atoms with Crippen molar-refractivity contribution in [3.63, 3.8) is 0 Å². The molecule has 4 aliphatic heterocycles. The Bertz CT molecular complexity index is 644. The normalized spacial score (nSPS) is 31.8. The number of hydrogen-bond acceptors (Lipinski definition) is 8. The van der Waals surface area contributed by atoms with Gasteiger partial charge in [0.05, 0.1) is 11.1 Å². The molecule has 3 fully saturated rings. The van der Waals surface area contributed by atoms with Gasteiger partial charge in [0.2, 0.25) is 11.8 Å². The predicted molar refractivity (Wildman–Crippen MR) is 90.9 cm³/mol. The van der Waals surface area contributed by atoms with Crippen LogP contribution in [0.4, 0.5) is 0 Å². The van der Waals surface area contributed by atoms with Crippen LogP contribution < -0.4 is 11.0 Å². The molecule has 5 rings (SSSR count). The lowest BCUT2D eigenvalue weighted by Crippen LogP contribution is -2.50. The van der Waals surface area contributed by atoms with E-state index in [4.69, 9.17) is 9.68 Å². The van der Waals surface area contributed by atoms with Gasteiger partial charge in [-0.2, -0.15) is 0 Å². The fourth-order valence-electron chi connectivity index (χ4n) is 4.54. The van der Waals surface area contributed by atoms with Crippen LogP contribution in [0.25, 0.3) is 0 Å². The van der Waals surface area contributed by atoms with Crippen LogP contribution in [0.3, 0.4) is 0 Å². The number of ketones is 2. The quantitative estimate of drug-likeness (QED) is 0.730. The molecule has 0 aromatic heterocycles. The molecule has 0 aromatic rings. The number of nitrogens with zero attached hydrogens (tertiary/aromatic N) is 2. The Hall–Kier alpha value is -2.06. The first kappa shape index (κ1) is 16.1. The Balaban J connectivity index is 1.50. The van der Waals surface area contributed by atoms with Gasteiger partial charge in [0.25, 0.3) is 0 Å². The molecule has 5 aliphatic rings. The van der Waals surface area contributed by atoms with Crippen LogP contribution in [-0.2, 0) is 19.3 Å². The van der Waals surface area contributed by atoms with E-state index in [1.54, 1.807) is 0 Å². The van der Waals surface area contributed by atoms with E-state index in [1.807, 2.05) is 0 Å². The van der Waals surface area contributed by atoms with Crippen LogP contribution in [0.2, 0.25) is 0 Å². The molecule has 0 spiro atoms. The van der Waals surface area contributed by atoms with Gasteiger partial charge in [-0.15, -0.1) is 11.0 Å². The number of fused-ring (bicyclic) bond motifs is 2. The molecule has 140 valence electrons. The van der Waals surface area contributed by atoms with Gasteiger partial charge in [-0.25, -0.2) is 0 Å². The lowest BCUT2D eigenvalue weighted by Gasteiger charge is -2.30. The Morgan fingerprint density at radius 2 is 1.04 bits per heavy atom. The maximum absolute atomic E-state index is 13.2. The highest BCUT2D eigenvalue weighted by Gasteiger charge is 2.54. The number of Topliss-reactive ketones (excluding diaryl/α,β-unsaturated/α-hetero) is 2. The van der Waals surface area contributed by atoms with Gasteiger partial charge >= 0.3 is 0 Å². The van der Waals surface area contributed by atoms with Gasteiger partial charge in [-0.05, 0) is 38.5 Å². The molecular formula is C18H24N4O4. The molecule has 1 saturated carbocycles. The minimum absolute atomic E-state index is 0.123. The first-order valence-electron chi connectivity index (χ1n) is 9.67. The van der Waals surface area contributed by atoms with Crippen LogP contribution in [0.15, 0.2) is 22.9 Å². The Morgan fingerprint density at radius 1 is 0.654 bits per heavy atom. The van der Waals surface area contributed by atoms with E-state index in [-0.39, 0.29) is 11.6 Å². The second-order valence-electron chi connectivity index (χ2n) is 7.57. The van der Waals surface area contributed by atoms with Crippen molar-refractivity contribution in [2.75, 3.05) is 26.2 Å². The molecule has 2 unspecified atom stereocenters. The summed E-state index contributed by atoms with van der Waals surface area (Å²) in [6.45, 7) is 3.41. The van der Waals surface area contributed by atoms with Gasteiger partial charge in [-0.3, -0.25) is 9.59 Å². The zero-order chi connectivity index (χ0) is 17.7. The van der Waals surface area contributed by atoms with Crippen LogP contribution in [0.1, 0.15) is 38.5 Å². The predicted octanol–water partition coefficient (Wildman–Crippen LogP) is 0.340. The van der Waals surface area contributed by atoms with Crippen molar-refractivity contribution in [2.24, 2.45) is 0 Å². The molecule has 8 nitrogen and oxygen atoms in total. The third-order valence-electron chi connectivity index (χ3n) is 5.93. The van der Waals surface area contributed by atoms with Gasteiger partial charge in [0.1, 0.15) is 12.1 Å². The summed E-state index contributed by atoms with van der Waals surface area (Å²) in [4.78, 5) is 41.8. The van der Waals surface area contributed by atoms with Crippen molar-refractivity contribution < 1.29 is 19.3 Å². The number of piperidine rings is 2. The number of hydroxylamine groups is 2. The van der Waals surface area contributed by atoms with Crippen LogP contribution in [-0.4, -0.2) is 59.6 Å². The topological polar surface area (TPSA) is 83.1 Å². The van der Waals surface area contributed by atoms with Crippen molar-refractivity contribution in [3.05, 3.63) is 22.9 Å². The fourth-order valence-corrected chi connectivity index (χ4v) is 4.54. The fraction of sp³-hybridized carbons (Fsp3) is 0.667. The summed E-state index contributed by atoms with van der Waals surface area (Å²) in [5, 5.41) is 0. The number of likely N-dealkylation sites (tertiary alicyclic amines) is 2. The molecule has 26 heavy (non-hydrogen) atoms. The molecule has 2 atom stereocenters. The SMILES string of the molecule is O=C1C2=C(N3CCCCC3)ONC2C(=O)C2=C(N3CCCCC3)ONC12. The van der Waals surface area contributed by atoms with E-state index >= 15 is 0 Å². The highest BCUT2D eigenvalue weighted by atomic mass is 16.7. The first-order chi connectivity index (χ1) is 12.8. The molecular weight excluding hydrogens is 336 g/mol. The molecule has 2 saturated heterocycles. The third kappa shape index (κ3) is 2.35. The van der Waals surface area contributed by atoms with Crippen molar-refractivity contribution in [1.29, 1.82) is 0 Å². The molecule has 2 N–H and O–H groups in total. The van der Waals surface area contributed by atoms with E-state index < -0.39 is 12.1 Å². The van der Waals surface area contributed by atoms with Gasteiger partial charge in [0.15, 0.2) is 11.6 Å². The van der Waals surface area contributed by atoms with Crippen molar-refractivity contribution >= 4 is 11.6 Å². The summed E-state index contributed by atoms with van der Waals surface area (Å²) in [7, 11) is 0. The van der Waals surface area contributed by atoms with Crippen molar-refractivity contribution in [1.82, 2.24) is 20.8 Å². The van der Waals surface area contributed by atoms with E-state index in [0.717, 1.165) is 51.9 Å². The number of carbonyl (C=O) groups excluding carboxylic acids is 2. The van der Waals surface area contributed by atoms with Crippen LogP contribution in [0.5, 0.6) is 0 Å². The molecule has 0 bridgehead atoms. The third-order valence-corrected chi connectivity index (χ3v) is 5.93. The monoisotopic (exact) mass is 360 g/mol. The van der Waals surface area contributed by atoms with Crippen molar-refractivity contribution in [2.45, 2.75) is 50.6 Å². The summed E-state index contributed by atoms with van der Waals surface area (Å²) < 4.78 is 0. The van der Waals surface area contributed by atoms with E-state index in [2.05, 4.69) is 20.8 Å². The average molecular weight is 360 g/mol. The number of nitrogens with one attached hydrogen (secondary N) is 2. The molecule has 1 aliphatic carbocycles. The highest BCUT2D eigenvalue weighted by molar-refractivity contribution is 6.21. The molecule has 0 aromatic carbocycles. The maximum atomic E-state index is 13.2. The van der Waals surface area contributed by atoms with Crippen LogP contribution in [0, 0.1) is 0 Å². The summed E-state index contributed by atoms with van der Waals surface area (Å²) in [6.07, 6.45) is 6.66. The first-order valence-corrected chi connectivity index (χ1v) is 9.67. The molecule has 8 heteroatoms. The lowest BCUT2D eigenvalue weighted by atomic mass is 9.81. The van der Waals surface area contributed by atoms with Crippen molar-refractivity contribution in [3.8, 4) is 0 Å². The molecule has 4 heterocycles. The second kappa shape index (κ2) is 6.28. The van der Waals surface area contributed by atoms with Crippen LogP contribution >= 0.6 is 0 Å². The molecule has 0 radical (unpaired) electrons. The minimum Gasteiger partial charge on any atom is -0.389 e. The summed E-state index contributed by atoms with van der Waals surface area (Å²) in [6, 6.07) is -1.46. The van der Waals surface area contributed by atoms with E-state index in [9.17, 15) is 9.59 Å². The highest BCUT2D eigenvalue weighted by Crippen LogP contribution is 2.37. The zero-order valence-corrected chi connectivity index (χ0v) is 14.8. The summed E-state index contributed by atoms with van der Waals surface area (Å²) >= 11 is 0. The smallest absolute Gasteiger partial charge is 0.223 e. The standard InChI is InChI=1S/C18H24N4O4/c23-15-11-13(19-25-17(11)21-7-3-1-4-8-21)16(24)12-14(15)20-26-18(12)22-9-5-2-6-10-22/h13-14,19-20H,1-10H2. The van der Waals surface area contributed by atoms with Gasteiger partial charge < -0.3 is 19.5 Å². The van der Waals surface area contributed by atoms with Gasteiger partial charge in [-0.1, -0.05) is 0 Å². The number of carbonyl (C=O) groups is 2. The summed E-state index contributed by atoms with van der Waals surface area (Å²) in [5.41, 5.74) is 6.49. The largest absolute Gasteiger partial charge is 0.389 e. The molecule has 0 amide bonds. The van der Waals surface area contributed by atoms with Gasteiger partial charge in [0, 0.05) is 26.2 Å².